The molecule has 2 aromatic heterocycles. The first-order valence-corrected chi connectivity index (χ1v) is 5.18. The minimum absolute atomic E-state index is 0.274. The van der Waals surface area contributed by atoms with Crippen molar-refractivity contribution < 1.29 is 4.74 Å². The van der Waals surface area contributed by atoms with Gasteiger partial charge in [-0.15, -0.1) is 21.8 Å². The highest BCUT2D eigenvalue weighted by molar-refractivity contribution is 6.16. The van der Waals surface area contributed by atoms with E-state index >= 15 is 0 Å². The maximum Gasteiger partial charge on any atom is 0.212 e. The molecule has 0 bridgehead atoms. The molecule has 0 aromatic carbocycles. The third-order valence-corrected chi connectivity index (χ3v) is 2.13. The number of alkyl halides is 1. The molecule has 0 aliphatic heterocycles. The summed E-state index contributed by atoms with van der Waals surface area (Å²) in [6.07, 6.45) is 1.62. The highest BCUT2D eigenvalue weighted by Crippen LogP contribution is 2.11. The Labute approximate surface area is 97.2 Å². The van der Waals surface area contributed by atoms with Crippen LogP contribution in [0.4, 0.5) is 0 Å². The van der Waals surface area contributed by atoms with E-state index in [-0.39, 0.29) is 6.61 Å². The fourth-order valence-electron chi connectivity index (χ4n) is 1.10. The van der Waals surface area contributed by atoms with Crippen LogP contribution in [0.15, 0.2) is 18.3 Å². The number of tetrazole rings is 1. The van der Waals surface area contributed by atoms with Crippen LogP contribution in [-0.2, 0) is 19.5 Å². The van der Waals surface area contributed by atoms with Gasteiger partial charge in [0.2, 0.25) is 5.82 Å². The topological polar surface area (TPSA) is 65.7 Å². The van der Waals surface area contributed by atoms with Crippen LogP contribution < -0.4 is 4.74 Å². The zero-order valence-electron chi connectivity index (χ0n) is 8.67. The molecule has 6 nitrogen and oxygen atoms in total. The summed E-state index contributed by atoms with van der Waals surface area (Å²) in [5.74, 6) is 1.58. The van der Waals surface area contributed by atoms with Crippen molar-refractivity contribution in [1.29, 1.82) is 0 Å². The van der Waals surface area contributed by atoms with Gasteiger partial charge in [0.25, 0.3) is 0 Å². The van der Waals surface area contributed by atoms with Gasteiger partial charge < -0.3 is 4.74 Å². The summed E-state index contributed by atoms with van der Waals surface area (Å²) in [6, 6.07) is 3.62. The summed E-state index contributed by atoms with van der Waals surface area (Å²) in [5.41, 5.74) is 0.812. The van der Waals surface area contributed by atoms with Crippen molar-refractivity contribution in [2.75, 3.05) is 0 Å². The minimum Gasteiger partial charge on any atom is -0.484 e. The predicted molar refractivity (Wildman–Crippen MR) is 56.9 cm³/mol. The largest absolute Gasteiger partial charge is 0.484 e. The van der Waals surface area contributed by atoms with E-state index in [0.29, 0.717) is 17.5 Å². The maximum absolute atomic E-state index is 5.62. The van der Waals surface area contributed by atoms with Crippen molar-refractivity contribution in [3.8, 4) is 5.75 Å². The first kappa shape index (κ1) is 10.8. The molecule has 84 valence electrons. The summed E-state index contributed by atoms with van der Waals surface area (Å²) in [4.78, 5) is 5.48. The molecule has 0 radical (unpaired) electrons. The molecule has 0 unspecified atom stereocenters. The Bertz CT molecular complexity index is 455. The number of aromatic nitrogens is 5. The number of aryl methyl sites for hydroxylation is 1. The van der Waals surface area contributed by atoms with E-state index in [1.165, 1.54) is 4.80 Å². The van der Waals surface area contributed by atoms with Crippen LogP contribution in [0.1, 0.15) is 11.5 Å². The number of ether oxygens (including phenoxy) is 1. The predicted octanol–water partition coefficient (Wildman–Crippen LogP) is 0.923. The smallest absolute Gasteiger partial charge is 0.212 e. The maximum atomic E-state index is 5.62. The van der Waals surface area contributed by atoms with E-state index in [1.807, 2.05) is 6.07 Å². The lowest BCUT2D eigenvalue weighted by Crippen LogP contribution is -1.99. The van der Waals surface area contributed by atoms with Crippen molar-refractivity contribution in [3.05, 3.63) is 29.8 Å². The fraction of sp³-hybridized carbons (Fsp3) is 0.333. The summed E-state index contributed by atoms with van der Waals surface area (Å²) < 4.78 is 5.42. The van der Waals surface area contributed by atoms with E-state index in [4.69, 9.17) is 16.3 Å². The van der Waals surface area contributed by atoms with Crippen molar-refractivity contribution in [2.45, 2.75) is 12.5 Å². The highest BCUT2D eigenvalue weighted by Gasteiger charge is 2.02. The van der Waals surface area contributed by atoms with Crippen LogP contribution in [0, 0.1) is 0 Å². The normalized spacial score (nSPS) is 10.4. The van der Waals surface area contributed by atoms with E-state index in [2.05, 4.69) is 20.4 Å². The third kappa shape index (κ3) is 2.66. The molecule has 16 heavy (non-hydrogen) atoms. The molecule has 7 heteroatoms. The van der Waals surface area contributed by atoms with Crippen LogP contribution >= 0.6 is 11.6 Å². The van der Waals surface area contributed by atoms with E-state index in [9.17, 15) is 0 Å². The number of halogens is 1. The van der Waals surface area contributed by atoms with Crippen LogP contribution in [0.2, 0.25) is 0 Å². The average molecular weight is 240 g/mol. The number of hydrogen-bond donors (Lipinski definition) is 0. The standard InChI is InChI=1S/C9H10ClN5O/c1-15-13-9(12-14-15)6-16-8-3-2-7(4-10)11-5-8/h2-3,5H,4,6H2,1H3. The molecule has 2 heterocycles. The molecular weight excluding hydrogens is 230 g/mol. The van der Waals surface area contributed by atoms with Crippen LogP contribution in [0.3, 0.4) is 0 Å². The van der Waals surface area contributed by atoms with E-state index in [0.717, 1.165) is 5.69 Å². The molecule has 0 amide bonds. The van der Waals surface area contributed by atoms with Gasteiger partial charge in [0, 0.05) is 0 Å². The summed E-state index contributed by atoms with van der Waals surface area (Å²) >= 11 is 5.62. The molecular formula is C9H10ClN5O. The van der Waals surface area contributed by atoms with Gasteiger partial charge in [-0.25, -0.2) is 0 Å². The first-order valence-electron chi connectivity index (χ1n) is 4.64. The monoisotopic (exact) mass is 239 g/mol. The van der Waals surface area contributed by atoms with Crippen molar-refractivity contribution in [3.63, 3.8) is 0 Å². The highest BCUT2D eigenvalue weighted by atomic mass is 35.5. The fourth-order valence-corrected chi connectivity index (χ4v) is 1.26. The molecule has 2 rings (SSSR count). The molecule has 0 aliphatic carbocycles. The average Bonchev–Trinajstić information content (AvgIpc) is 2.73. The molecule has 2 aromatic rings. The van der Waals surface area contributed by atoms with Crippen LogP contribution in [-0.4, -0.2) is 25.2 Å². The van der Waals surface area contributed by atoms with E-state index < -0.39 is 0 Å². The van der Waals surface area contributed by atoms with Crippen molar-refractivity contribution >= 4 is 11.6 Å². The van der Waals surface area contributed by atoms with Crippen LogP contribution in [0.5, 0.6) is 5.75 Å². The van der Waals surface area contributed by atoms with Gasteiger partial charge >= 0.3 is 0 Å². The number of rotatable bonds is 4. The Morgan fingerprint density at radius 2 is 2.31 bits per heavy atom. The molecule has 0 spiro atoms. The van der Waals surface area contributed by atoms with E-state index in [1.54, 1.807) is 19.3 Å². The van der Waals surface area contributed by atoms with Gasteiger partial charge in [-0.05, 0) is 17.3 Å². The van der Waals surface area contributed by atoms with Crippen molar-refractivity contribution in [2.24, 2.45) is 7.05 Å². The SMILES string of the molecule is Cn1nnc(COc2ccc(CCl)nc2)n1. The molecule has 0 atom stereocenters. The Morgan fingerprint density at radius 3 is 2.88 bits per heavy atom. The molecule has 0 aliphatic rings. The molecule has 0 saturated carbocycles. The second-order valence-corrected chi connectivity index (χ2v) is 3.37. The zero-order valence-corrected chi connectivity index (χ0v) is 9.42. The number of nitrogens with zero attached hydrogens (tertiary/aromatic N) is 5. The Hall–Kier alpha value is -1.69. The molecule has 0 N–H and O–H groups in total. The van der Waals surface area contributed by atoms with Gasteiger partial charge in [-0.1, -0.05) is 0 Å². The van der Waals surface area contributed by atoms with Gasteiger partial charge in [-0.2, -0.15) is 4.80 Å². The quantitative estimate of drug-likeness (QED) is 0.743. The molecule has 0 fully saturated rings. The van der Waals surface area contributed by atoms with Gasteiger partial charge in [0.1, 0.15) is 5.75 Å². The third-order valence-electron chi connectivity index (χ3n) is 1.85. The Balaban J connectivity index is 1.94. The lowest BCUT2D eigenvalue weighted by atomic mass is 10.4. The van der Waals surface area contributed by atoms with Gasteiger partial charge in [-0.3, -0.25) is 4.98 Å². The van der Waals surface area contributed by atoms with Gasteiger partial charge in [0.05, 0.1) is 24.8 Å². The second-order valence-electron chi connectivity index (χ2n) is 3.10. The lowest BCUT2D eigenvalue weighted by Gasteiger charge is -2.02. The summed E-state index contributed by atoms with van der Waals surface area (Å²) in [7, 11) is 1.70. The number of hydrogen-bond acceptors (Lipinski definition) is 5. The number of pyridine rings is 1. The van der Waals surface area contributed by atoms with Crippen LogP contribution in [0.25, 0.3) is 0 Å². The second kappa shape index (κ2) is 4.89. The Kier molecular flexibility index (Phi) is 3.31. The lowest BCUT2D eigenvalue weighted by molar-refractivity contribution is 0.294. The minimum atomic E-state index is 0.274. The van der Waals surface area contributed by atoms with Gasteiger partial charge in [0.15, 0.2) is 6.61 Å². The first-order chi connectivity index (χ1) is 7.78. The van der Waals surface area contributed by atoms with Crippen molar-refractivity contribution in [1.82, 2.24) is 25.2 Å². The Morgan fingerprint density at radius 1 is 1.44 bits per heavy atom. The summed E-state index contributed by atoms with van der Waals surface area (Å²) in [5, 5.41) is 11.5. The zero-order chi connectivity index (χ0) is 11.4. The molecule has 0 saturated heterocycles. The summed E-state index contributed by atoms with van der Waals surface area (Å²) in [6.45, 7) is 0.274.